The molecule has 0 aliphatic carbocycles. The fourth-order valence-electron chi connectivity index (χ4n) is 3.61. The minimum absolute atomic E-state index is 0.0534. The van der Waals surface area contributed by atoms with Crippen molar-refractivity contribution in [2.45, 2.75) is 19.4 Å². The Hall–Kier alpha value is -2.80. The Morgan fingerprint density at radius 3 is 2.85 bits per heavy atom. The molecule has 1 aliphatic rings. The van der Waals surface area contributed by atoms with Crippen LogP contribution in [0.5, 0.6) is 5.75 Å². The molecule has 0 saturated carbocycles. The predicted molar refractivity (Wildman–Crippen MR) is 107 cm³/mol. The van der Waals surface area contributed by atoms with Gasteiger partial charge in [-0.1, -0.05) is 6.07 Å². The lowest BCUT2D eigenvalue weighted by molar-refractivity contribution is -0.117. The third kappa shape index (κ3) is 3.08. The second kappa shape index (κ2) is 7.08. The topological polar surface area (TPSA) is 63.6 Å². The molecule has 3 aromatic rings. The maximum atomic E-state index is 13.1. The van der Waals surface area contributed by atoms with Gasteiger partial charge in [-0.05, 0) is 36.1 Å². The van der Waals surface area contributed by atoms with Crippen LogP contribution in [0.1, 0.15) is 28.2 Å². The molecule has 0 bridgehead atoms. The van der Waals surface area contributed by atoms with Crippen molar-refractivity contribution >= 4 is 39.7 Å². The highest BCUT2D eigenvalue weighted by Gasteiger charge is 2.31. The first-order valence-corrected chi connectivity index (χ1v) is 9.75. The molecule has 1 aromatic carbocycles. The average molecular weight is 383 g/mol. The van der Waals surface area contributed by atoms with E-state index in [0.29, 0.717) is 36.6 Å². The van der Waals surface area contributed by atoms with E-state index in [1.54, 1.807) is 23.3 Å². The van der Waals surface area contributed by atoms with Crippen molar-refractivity contribution in [2.75, 3.05) is 18.6 Å². The third-order valence-corrected chi connectivity index (χ3v) is 5.82. The number of hydrogen-bond donors (Lipinski definition) is 1. The number of carbonyl (C=O) groups is 2. The molecular formula is C20H21N3O3S. The van der Waals surface area contributed by atoms with Crippen LogP contribution in [0.3, 0.4) is 0 Å². The lowest BCUT2D eigenvalue weighted by atomic mass is 10.2. The van der Waals surface area contributed by atoms with Crippen molar-refractivity contribution in [3.63, 3.8) is 0 Å². The van der Waals surface area contributed by atoms with Crippen molar-refractivity contribution in [1.82, 2.24) is 9.88 Å². The number of aryl methyl sites for hydroxylation is 1. The van der Waals surface area contributed by atoms with E-state index in [2.05, 4.69) is 5.32 Å². The number of carbonyl (C=O) groups excluding carboxylic acids is 2. The van der Waals surface area contributed by atoms with Crippen LogP contribution in [-0.2, 0) is 18.4 Å². The molecule has 7 heteroatoms. The van der Waals surface area contributed by atoms with Gasteiger partial charge in [-0.2, -0.15) is 0 Å². The number of methoxy groups -OCH3 is 1. The minimum atomic E-state index is -0.184. The average Bonchev–Trinajstić information content (AvgIpc) is 3.39. The number of amides is 2. The van der Waals surface area contributed by atoms with E-state index in [1.807, 2.05) is 47.3 Å². The van der Waals surface area contributed by atoms with Gasteiger partial charge >= 0.3 is 0 Å². The molecule has 6 nitrogen and oxygen atoms in total. The van der Waals surface area contributed by atoms with Crippen molar-refractivity contribution in [3.05, 3.63) is 46.3 Å². The Balaban J connectivity index is 1.81. The summed E-state index contributed by atoms with van der Waals surface area (Å²) in [6.45, 7) is 1.09. The molecular weight excluding hydrogens is 362 g/mol. The molecule has 140 valence electrons. The summed E-state index contributed by atoms with van der Waals surface area (Å²) >= 11 is 1.60. The summed E-state index contributed by atoms with van der Waals surface area (Å²) in [4.78, 5) is 28.4. The number of thiophene rings is 1. The Morgan fingerprint density at radius 2 is 2.19 bits per heavy atom. The maximum absolute atomic E-state index is 13.1. The van der Waals surface area contributed by atoms with Gasteiger partial charge in [0.15, 0.2) is 0 Å². The Labute approximate surface area is 161 Å². The van der Waals surface area contributed by atoms with Gasteiger partial charge in [0.2, 0.25) is 5.91 Å². The molecule has 1 fully saturated rings. The molecule has 0 radical (unpaired) electrons. The smallest absolute Gasteiger partial charge is 0.270 e. The lowest BCUT2D eigenvalue weighted by Gasteiger charge is -2.18. The summed E-state index contributed by atoms with van der Waals surface area (Å²) in [5.74, 6) is 0.569. The molecule has 27 heavy (non-hydrogen) atoms. The number of fused-ring (bicyclic) bond motifs is 1. The van der Waals surface area contributed by atoms with Crippen LogP contribution < -0.4 is 15.0 Å². The van der Waals surface area contributed by atoms with E-state index in [4.69, 9.17) is 4.74 Å². The van der Waals surface area contributed by atoms with Crippen LogP contribution in [-0.4, -0.2) is 30.0 Å². The van der Waals surface area contributed by atoms with Gasteiger partial charge in [-0.25, -0.2) is 0 Å². The normalized spacial score (nSPS) is 14.1. The highest BCUT2D eigenvalue weighted by molar-refractivity contribution is 7.09. The van der Waals surface area contributed by atoms with E-state index in [1.165, 1.54) is 0 Å². The molecule has 0 spiro atoms. The van der Waals surface area contributed by atoms with E-state index in [9.17, 15) is 9.59 Å². The van der Waals surface area contributed by atoms with Gasteiger partial charge in [-0.3, -0.25) is 9.59 Å². The van der Waals surface area contributed by atoms with Gasteiger partial charge in [0.25, 0.3) is 5.91 Å². The Bertz CT molecular complexity index is 1010. The SMILES string of the molecule is COc1ccc2c(c1)c(N1CCCC1=O)c(C(=O)NCc1cccs1)n2C. The summed E-state index contributed by atoms with van der Waals surface area (Å²) in [6.07, 6.45) is 1.31. The van der Waals surface area contributed by atoms with Crippen molar-refractivity contribution in [2.24, 2.45) is 7.05 Å². The Morgan fingerprint density at radius 1 is 1.33 bits per heavy atom. The first kappa shape index (κ1) is 17.6. The zero-order valence-electron chi connectivity index (χ0n) is 15.3. The van der Waals surface area contributed by atoms with Crippen molar-refractivity contribution in [3.8, 4) is 5.75 Å². The standard InChI is InChI=1S/C20H21N3O3S/c1-22-16-8-7-13(26-2)11-15(16)18(23-9-3-6-17(23)24)19(22)20(25)21-12-14-5-4-10-27-14/h4-5,7-8,10-11H,3,6,9,12H2,1-2H3,(H,21,25). The number of ether oxygens (including phenoxy) is 1. The predicted octanol–water partition coefficient (Wildman–Crippen LogP) is 3.31. The number of rotatable bonds is 5. The zero-order chi connectivity index (χ0) is 19.0. The highest BCUT2D eigenvalue weighted by Crippen LogP contribution is 2.37. The maximum Gasteiger partial charge on any atom is 0.270 e. The second-order valence-electron chi connectivity index (χ2n) is 6.55. The van der Waals surface area contributed by atoms with Gasteiger partial charge in [0.1, 0.15) is 11.4 Å². The minimum Gasteiger partial charge on any atom is -0.497 e. The summed E-state index contributed by atoms with van der Waals surface area (Å²) in [6, 6.07) is 9.64. The molecule has 1 N–H and O–H groups in total. The summed E-state index contributed by atoms with van der Waals surface area (Å²) in [7, 11) is 3.47. The summed E-state index contributed by atoms with van der Waals surface area (Å²) < 4.78 is 7.22. The fraction of sp³-hybridized carbons (Fsp3) is 0.300. The third-order valence-electron chi connectivity index (χ3n) is 4.94. The van der Waals surface area contributed by atoms with E-state index in [0.717, 1.165) is 22.2 Å². The number of hydrogen-bond acceptors (Lipinski definition) is 4. The number of nitrogens with zero attached hydrogens (tertiary/aromatic N) is 2. The van der Waals surface area contributed by atoms with Crippen LogP contribution in [0.4, 0.5) is 5.69 Å². The first-order chi connectivity index (χ1) is 13.1. The van der Waals surface area contributed by atoms with Crippen LogP contribution in [0, 0.1) is 0 Å². The second-order valence-corrected chi connectivity index (χ2v) is 7.58. The van der Waals surface area contributed by atoms with E-state index < -0.39 is 0 Å². The lowest BCUT2D eigenvalue weighted by Crippen LogP contribution is -2.30. The van der Waals surface area contributed by atoms with Crippen LogP contribution in [0.2, 0.25) is 0 Å². The highest BCUT2D eigenvalue weighted by atomic mass is 32.1. The van der Waals surface area contributed by atoms with E-state index in [-0.39, 0.29) is 11.8 Å². The number of anilines is 1. The summed E-state index contributed by atoms with van der Waals surface area (Å²) in [5, 5.41) is 5.83. The molecule has 4 rings (SSSR count). The van der Waals surface area contributed by atoms with Crippen LogP contribution in [0.15, 0.2) is 35.7 Å². The van der Waals surface area contributed by atoms with Gasteiger partial charge in [0, 0.05) is 30.3 Å². The molecule has 3 heterocycles. The Kier molecular flexibility index (Phi) is 4.61. The fourth-order valence-corrected chi connectivity index (χ4v) is 4.26. The summed E-state index contributed by atoms with van der Waals surface area (Å²) in [5.41, 5.74) is 2.08. The van der Waals surface area contributed by atoms with Crippen LogP contribution >= 0.6 is 11.3 Å². The number of benzene rings is 1. The first-order valence-electron chi connectivity index (χ1n) is 8.87. The number of aromatic nitrogens is 1. The van der Waals surface area contributed by atoms with Gasteiger partial charge in [0.05, 0.1) is 24.9 Å². The molecule has 1 saturated heterocycles. The molecule has 0 atom stereocenters. The largest absolute Gasteiger partial charge is 0.497 e. The molecule has 2 amide bonds. The molecule has 1 aliphatic heterocycles. The van der Waals surface area contributed by atoms with Crippen LogP contribution in [0.25, 0.3) is 10.9 Å². The quantitative estimate of drug-likeness (QED) is 0.735. The number of nitrogens with one attached hydrogen (secondary N) is 1. The van der Waals surface area contributed by atoms with Gasteiger partial charge < -0.3 is 19.5 Å². The van der Waals surface area contributed by atoms with Crippen molar-refractivity contribution < 1.29 is 14.3 Å². The zero-order valence-corrected chi connectivity index (χ0v) is 16.1. The molecule has 0 unspecified atom stereocenters. The van der Waals surface area contributed by atoms with Gasteiger partial charge in [-0.15, -0.1) is 11.3 Å². The van der Waals surface area contributed by atoms with Crippen molar-refractivity contribution in [1.29, 1.82) is 0 Å². The monoisotopic (exact) mass is 383 g/mol. The molecule has 2 aromatic heterocycles. The van der Waals surface area contributed by atoms with E-state index >= 15 is 0 Å².